The van der Waals surface area contributed by atoms with Crippen molar-refractivity contribution in [2.24, 2.45) is 0 Å². The molecular weight excluding hydrogens is 278 g/mol. The van der Waals surface area contributed by atoms with Crippen LogP contribution in [0.3, 0.4) is 0 Å². The number of aromatic amines is 1. The van der Waals surface area contributed by atoms with Crippen LogP contribution >= 0.6 is 0 Å². The Morgan fingerprint density at radius 2 is 1.55 bits per heavy atom. The summed E-state index contributed by atoms with van der Waals surface area (Å²) in [7, 11) is 0. The van der Waals surface area contributed by atoms with E-state index in [2.05, 4.69) is 20.8 Å². The van der Waals surface area contributed by atoms with Gasteiger partial charge in [0.2, 0.25) is 0 Å². The van der Waals surface area contributed by atoms with Crippen LogP contribution in [-0.2, 0) is 0 Å². The van der Waals surface area contributed by atoms with E-state index in [1.807, 2.05) is 48.5 Å². The van der Waals surface area contributed by atoms with Crippen LogP contribution in [-0.4, -0.2) is 16.1 Å². The zero-order chi connectivity index (χ0) is 15.4. The number of carbonyl (C=O) groups is 1. The fourth-order valence-electron chi connectivity index (χ4n) is 2.05. The van der Waals surface area contributed by atoms with Gasteiger partial charge in [0.15, 0.2) is 5.82 Å². The van der Waals surface area contributed by atoms with Gasteiger partial charge in [-0.25, -0.2) is 0 Å². The summed E-state index contributed by atoms with van der Waals surface area (Å²) in [6.07, 6.45) is 0. The van der Waals surface area contributed by atoms with E-state index in [1.54, 1.807) is 12.1 Å². The van der Waals surface area contributed by atoms with Crippen molar-refractivity contribution in [2.75, 3.05) is 16.4 Å². The van der Waals surface area contributed by atoms with Gasteiger partial charge in [-0.05, 0) is 24.3 Å². The van der Waals surface area contributed by atoms with Crippen LogP contribution in [0, 0.1) is 0 Å². The highest BCUT2D eigenvalue weighted by atomic mass is 16.1. The molecule has 0 aliphatic rings. The molecule has 5 N–H and O–H groups in total. The summed E-state index contributed by atoms with van der Waals surface area (Å²) in [6.45, 7) is 0. The molecule has 0 saturated carbocycles. The van der Waals surface area contributed by atoms with Gasteiger partial charge in [-0.15, -0.1) is 0 Å². The van der Waals surface area contributed by atoms with E-state index in [9.17, 15) is 4.79 Å². The van der Waals surface area contributed by atoms with E-state index in [0.29, 0.717) is 11.5 Å². The molecule has 0 saturated heterocycles. The monoisotopic (exact) mass is 293 g/mol. The van der Waals surface area contributed by atoms with Crippen molar-refractivity contribution in [3.05, 3.63) is 66.2 Å². The van der Waals surface area contributed by atoms with Crippen LogP contribution in [0.1, 0.15) is 10.4 Å². The van der Waals surface area contributed by atoms with Crippen LogP contribution in [0.25, 0.3) is 0 Å². The van der Waals surface area contributed by atoms with E-state index < -0.39 is 0 Å². The van der Waals surface area contributed by atoms with Crippen LogP contribution in [0.4, 0.5) is 23.0 Å². The third-order valence-corrected chi connectivity index (χ3v) is 3.09. The van der Waals surface area contributed by atoms with E-state index in [4.69, 9.17) is 5.73 Å². The van der Waals surface area contributed by atoms with Crippen molar-refractivity contribution >= 4 is 28.9 Å². The smallest absolute Gasteiger partial charge is 0.263 e. The minimum atomic E-state index is -0.323. The zero-order valence-electron chi connectivity index (χ0n) is 11.7. The lowest BCUT2D eigenvalue weighted by Crippen LogP contribution is -2.14. The Bertz CT molecular complexity index is 768. The first-order valence-corrected chi connectivity index (χ1v) is 6.76. The summed E-state index contributed by atoms with van der Waals surface area (Å²) in [5.74, 6) is 0.278. The predicted molar refractivity (Wildman–Crippen MR) is 87.1 cm³/mol. The Labute approximate surface area is 127 Å². The van der Waals surface area contributed by atoms with Gasteiger partial charge in [-0.2, -0.15) is 5.10 Å². The molecule has 1 heterocycles. The van der Waals surface area contributed by atoms with Crippen molar-refractivity contribution in [1.82, 2.24) is 10.2 Å². The number of hydrogen-bond acceptors (Lipinski definition) is 4. The molecule has 0 spiro atoms. The molecule has 3 rings (SSSR count). The quantitative estimate of drug-likeness (QED) is 0.594. The molecule has 0 atom stereocenters. The van der Waals surface area contributed by atoms with E-state index in [0.717, 1.165) is 5.69 Å². The molecule has 0 unspecified atom stereocenters. The van der Waals surface area contributed by atoms with Gasteiger partial charge >= 0.3 is 0 Å². The first kappa shape index (κ1) is 13.7. The normalized spacial score (nSPS) is 10.2. The maximum atomic E-state index is 12.4. The number of benzene rings is 2. The zero-order valence-corrected chi connectivity index (χ0v) is 11.7. The van der Waals surface area contributed by atoms with E-state index in [1.165, 1.54) is 0 Å². The van der Waals surface area contributed by atoms with Crippen molar-refractivity contribution in [3.63, 3.8) is 0 Å². The highest BCUT2D eigenvalue weighted by Gasteiger charge is 2.19. The maximum absolute atomic E-state index is 12.4. The number of carbonyl (C=O) groups excluding carboxylic acids is 1. The van der Waals surface area contributed by atoms with E-state index in [-0.39, 0.29) is 17.3 Å². The largest absolute Gasteiger partial charge is 0.383 e. The summed E-state index contributed by atoms with van der Waals surface area (Å²) >= 11 is 0. The molecule has 22 heavy (non-hydrogen) atoms. The molecule has 0 bridgehead atoms. The number of anilines is 4. The topological polar surface area (TPSA) is 95.8 Å². The predicted octanol–water partition coefficient (Wildman–Crippen LogP) is 2.99. The van der Waals surface area contributed by atoms with Gasteiger partial charge in [-0.3, -0.25) is 9.89 Å². The number of aromatic nitrogens is 2. The van der Waals surface area contributed by atoms with Crippen LogP contribution in [0.2, 0.25) is 0 Å². The Kier molecular flexibility index (Phi) is 3.74. The molecule has 0 aliphatic heterocycles. The van der Waals surface area contributed by atoms with Crippen molar-refractivity contribution in [3.8, 4) is 0 Å². The van der Waals surface area contributed by atoms with Gasteiger partial charge in [0.25, 0.3) is 5.91 Å². The second-order valence-electron chi connectivity index (χ2n) is 4.67. The second kappa shape index (κ2) is 6.01. The molecule has 3 aromatic rings. The number of nitrogens with two attached hydrogens (primary N) is 1. The number of amides is 1. The lowest BCUT2D eigenvalue weighted by Gasteiger charge is -2.07. The Balaban J connectivity index is 1.84. The van der Waals surface area contributed by atoms with Gasteiger partial charge in [0.1, 0.15) is 11.4 Å². The Morgan fingerprint density at radius 3 is 2.18 bits per heavy atom. The molecule has 0 radical (unpaired) electrons. The molecule has 110 valence electrons. The fourth-order valence-corrected chi connectivity index (χ4v) is 2.05. The standard InChI is InChI=1S/C16H15N5O/c17-14-13(16(22)19-12-9-5-2-6-10-12)15(21-20-14)18-11-7-3-1-4-8-11/h1-10H,(H,19,22)(H4,17,18,20,21). The minimum absolute atomic E-state index is 0.215. The molecule has 1 amide bonds. The Morgan fingerprint density at radius 1 is 0.955 bits per heavy atom. The number of nitrogens with zero attached hydrogens (tertiary/aromatic N) is 1. The highest BCUT2D eigenvalue weighted by Crippen LogP contribution is 2.23. The molecule has 0 aliphatic carbocycles. The third-order valence-electron chi connectivity index (χ3n) is 3.09. The molecule has 6 nitrogen and oxygen atoms in total. The molecule has 2 aromatic carbocycles. The maximum Gasteiger partial charge on any atom is 0.263 e. The summed E-state index contributed by atoms with van der Waals surface area (Å²) in [6, 6.07) is 18.6. The van der Waals surface area contributed by atoms with E-state index >= 15 is 0 Å². The number of nitrogens with one attached hydrogen (secondary N) is 3. The van der Waals surface area contributed by atoms with Crippen LogP contribution in [0.15, 0.2) is 60.7 Å². The highest BCUT2D eigenvalue weighted by molar-refractivity contribution is 6.11. The number of rotatable bonds is 4. The van der Waals surface area contributed by atoms with Crippen molar-refractivity contribution in [2.45, 2.75) is 0 Å². The van der Waals surface area contributed by atoms with Gasteiger partial charge in [0.05, 0.1) is 0 Å². The SMILES string of the molecule is Nc1[nH]nc(Nc2ccccc2)c1C(=O)Nc1ccccc1. The van der Waals surface area contributed by atoms with Crippen molar-refractivity contribution < 1.29 is 4.79 Å². The minimum Gasteiger partial charge on any atom is -0.383 e. The average molecular weight is 293 g/mol. The number of H-pyrrole nitrogens is 1. The fraction of sp³-hybridized carbons (Fsp3) is 0. The molecule has 0 fully saturated rings. The number of para-hydroxylation sites is 2. The average Bonchev–Trinajstić information content (AvgIpc) is 2.90. The first-order chi connectivity index (χ1) is 10.7. The second-order valence-corrected chi connectivity index (χ2v) is 4.67. The first-order valence-electron chi connectivity index (χ1n) is 6.76. The van der Waals surface area contributed by atoms with Crippen LogP contribution in [0.5, 0.6) is 0 Å². The molecular formula is C16H15N5O. The summed E-state index contributed by atoms with van der Waals surface area (Å²) in [4.78, 5) is 12.4. The number of nitrogen functional groups attached to an aromatic ring is 1. The van der Waals surface area contributed by atoms with Gasteiger partial charge in [0, 0.05) is 11.4 Å². The summed E-state index contributed by atoms with van der Waals surface area (Å²) in [5.41, 5.74) is 7.63. The number of hydrogen-bond donors (Lipinski definition) is 4. The van der Waals surface area contributed by atoms with Gasteiger partial charge in [-0.1, -0.05) is 36.4 Å². The third kappa shape index (κ3) is 2.90. The van der Waals surface area contributed by atoms with Crippen LogP contribution < -0.4 is 16.4 Å². The van der Waals surface area contributed by atoms with Gasteiger partial charge < -0.3 is 16.4 Å². The lowest BCUT2D eigenvalue weighted by atomic mass is 10.2. The Hall–Kier alpha value is -3.28. The van der Waals surface area contributed by atoms with Crippen molar-refractivity contribution in [1.29, 1.82) is 0 Å². The molecule has 6 heteroatoms. The molecule has 1 aromatic heterocycles. The summed E-state index contributed by atoms with van der Waals surface area (Å²) < 4.78 is 0. The summed E-state index contributed by atoms with van der Waals surface area (Å²) in [5, 5.41) is 12.5. The lowest BCUT2D eigenvalue weighted by molar-refractivity contribution is 0.102.